The zero-order valence-electron chi connectivity index (χ0n) is 23.2. The lowest BCUT2D eigenvalue weighted by Gasteiger charge is -2.69. The molecule has 4 aliphatic carbocycles. The third-order valence-electron chi connectivity index (χ3n) is 11.6. The van der Waals surface area contributed by atoms with Crippen LogP contribution in [0.15, 0.2) is 41.5 Å². The van der Waals surface area contributed by atoms with Crippen LogP contribution in [0.2, 0.25) is 0 Å². The Morgan fingerprint density at radius 2 is 1.74 bits per heavy atom. The lowest BCUT2D eigenvalue weighted by atomic mass is 9.36. The fourth-order valence-electron chi connectivity index (χ4n) is 9.84. The number of aliphatic hydroxyl groups excluding tert-OH is 1. The second kappa shape index (κ2) is 9.46. The van der Waals surface area contributed by atoms with Crippen molar-refractivity contribution in [3.05, 3.63) is 47.0 Å². The molecule has 0 unspecified atom stereocenters. The van der Waals surface area contributed by atoms with Gasteiger partial charge in [0.25, 0.3) is 0 Å². The quantitative estimate of drug-likeness (QED) is 0.347. The molecular formula is C31H44N2O5. The van der Waals surface area contributed by atoms with E-state index in [0.29, 0.717) is 24.8 Å². The van der Waals surface area contributed by atoms with Crippen molar-refractivity contribution in [1.82, 2.24) is 0 Å². The second-order valence-corrected chi connectivity index (χ2v) is 13.3. The van der Waals surface area contributed by atoms with Crippen LogP contribution in [0.3, 0.4) is 0 Å². The van der Waals surface area contributed by atoms with Crippen molar-refractivity contribution >= 4 is 11.9 Å². The molecule has 1 aromatic carbocycles. The van der Waals surface area contributed by atoms with E-state index in [0.717, 1.165) is 30.4 Å². The highest BCUT2D eigenvalue weighted by Crippen LogP contribution is 2.73. The van der Waals surface area contributed by atoms with Crippen molar-refractivity contribution in [3.63, 3.8) is 0 Å². The molecule has 10 atom stereocenters. The van der Waals surface area contributed by atoms with Crippen LogP contribution in [-0.2, 0) is 20.7 Å². The molecule has 0 amide bonds. The SMILES string of the molecule is CC(=O)O[C@H]1C[C@@]2(C)[C@@H](C[C@@H](N)[C@H]3[C@@]4(C)CC[C@@H](O)[C@@H](N)[C@@H]4CC[C@@]32C)/C1=C(\Cc1ccccc1)C(=O)O. The summed E-state index contributed by atoms with van der Waals surface area (Å²) in [6.45, 7) is 8.34. The first-order chi connectivity index (χ1) is 17.8. The maximum atomic E-state index is 12.8. The van der Waals surface area contributed by atoms with E-state index in [2.05, 4.69) is 20.8 Å². The predicted octanol–water partition coefficient (Wildman–Crippen LogP) is 3.82. The number of rotatable bonds is 4. The van der Waals surface area contributed by atoms with E-state index in [1.807, 2.05) is 30.3 Å². The number of fused-ring (bicyclic) bond motifs is 5. The zero-order chi connectivity index (χ0) is 27.6. The molecule has 0 spiro atoms. The summed E-state index contributed by atoms with van der Waals surface area (Å²) in [7, 11) is 0. The second-order valence-electron chi connectivity index (χ2n) is 13.3. The maximum Gasteiger partial charge on any atom is 0.332 e. The molecule has 0 saturated heterocycles. The van der Waals surface area contributed by atoms with E-state index in [1.54, 1.807) is 0 Å². The number of aliphatic hydroxyl groups is 1. The van der Waals surface area contributed by atoms with Crippen LogP contribution in [0.1, 0.15) is 71.8 Å². The first kappa shape index (κ1) is 27.4. The van der Waals surface area contributed by atoms with E-state index in [1.165, 1.54) is 6.92 Å². The lowest BCUT2D eigenvalue weighted by Crippen LogP contribution is -2.69. The molecule has 208 valence electrons. The molecule has 1 aromatic rings. The number of carboxylic acids is 1. The van der Waals surface area contributed by atoms with Crippen LogP contribution in [0.5, 0.6) is 0 Å². The van der Waals surface area contributed by atoms with Gasteiger partial charge in [-0.2, -0.15) is 0 Å². The van der Waals surface area contributed by atoms with Gasteiger partial charge in [0.1, 0.15) is 6.10 Å². The van der Waals surface area contributed by atoms with Gasteiger partial charge < -0.3 is 26.4 Å². The van der Waals surface area contributed by atoms with Crippen LogP contribution in [0, 0.1) is 34.0 Å². The highest BCUT2D eigenvalue weighted by Gasteiger charge is 2.70. The predicted molar refractivity (Wildman–Crippen MR) is 145 cm³/mol. The van der Waals surface area contributed by atoms with Crippen molar-refractivity contribution in [2.24, 2.45) is 45.5 Å². The van der Waals surface area contributed by atoms with Crippen LogP contribution < -0.4 is 11.5 Å². The standard InChI is InChI=1S/C31H44N2O5/c1-17(34)38-24-16-31(4)21(25(24)19(28(36)37)14-18-8-6-5-7-9-18)15-22(32)27-29(2)12-11-23(35)26(33)20(29)10-13-30(27,31)3/h5-9,20-24,26-27,35H,10-16,32-33H2,1-4H3,(H,36,37)/b25-19-/t20-,21-,22+,23+,24-,26-,27-,29-,30-,31-/m0/s1. The number of hydrogen-bond donors (Lipinski definition) is 4. The Kier molecular flexibility index (Phi) is 6.81. The normalized spacial score (nSPS) is 45.4. The topological polar surface area (TPSA) is 136 Å². The summed E-state index contributed by atoms with van der Waals surface area (Å²) in [6.07, 6.45) is 3.82. The minimum Gasteiger partial charge on any atom is -0.478 e. The number of benzene rings is 1. The number of aliphatic carboxylic acids is 1. The maximum absolute atomic E-state index is 12.8. The molecular weight excluding hydrogens is 480 g/mol. The molecule has 0 aliphatic heterocycles. The number of ether oxygens (including phenoxy) is 1. The molecule has 7 heteroatoms. The van der Waals surface area contributed by atoms with E-state index >= 15 is 0 Å². The van der Waals surface area contributed by atoms with Crippen molar-refractivity contribution < 1.29 is 24.5 Å². The summed E-state index contributed by atoms with van der Waals surface area (Å²) in [5, 5.41) is 21.0. The van der Waals surface area contributed by atoms with Gasteiger partial charge in [-0.15, -0.1) is 0 Å². The molecule has 6 N–H and O–H groups in total. The summed E-state index contributed by atoms with van der Waals surface area (Å²) in [6, 6.07) is 9.21. The first-order valence-electron chi connectivity index (χ1n) is 14.2. The van der Waals surface area contributed by atoms with Crippen molar-refractivity contribution in [1.29, 1.82) is 0 Å². The Balaban J connectivity index is 1.63. The third-order valence-corrected chi connectivity index (χ3v) is 11.6. The summed E-state index contributed by atoms with van der Waals surface area (Å²) in [5.41, 5.74) is 15.1. The van der Waals surface area contributed by atoms with Gasteiger partial charge >= 0.3 is 11.9 Å². The van der Waals surface area contributed by atoms with Crippen LogP contribution in [0.25, 0.3) is 0 Å². The van der Waals surface area contributed by atoms with Crippen LogP contribution >= 0.6 is 0 Å². The third kappa shape index (κ3) is 3.96. The molecule has 4 aliphatic rings. The number of carbonyl (C=O) groups excluding carboxylic acids is 1. The molecule has 0 heterocycles. The highest BCUT2D eigenvalue weighted by molar-refractivity contribution is 5.89. The van der Waals surface area contributed by atoms with Crippen LogP contribution in [0.4, 0.5) is 0 Å². The monoisotopic (exact) mass is 524 g/mol. The molecule has 5 rings (SSSR count). The minimum absolute atomic E-state index is 0.0964. The Bertz CT molecular complexity index is 1140. The Morgan fingerprint density at radius 3 is 2.37 bits per heavy atom. The largest absolute Gasteiger partial charge is 0.478 e. The van der Waals surface area contributed by atoms with Crippen molar-refractivity contribution in [2.75, 3.05) is 0 Å². The summed E-state index contributed by atoms with van der Waals surface area (Å²) in [5.74, 6) is -1.08. The Labute approximate surface area is 226 Å². The molecule has 4 fully saturated rings. The Morgan fingerprint density at radius 1 is 1.05 bits per heavy atom. The zero-order valence-corrected chi connectivity index (χ0v) is 23.2. The Hall–Kier alpha value is -2.22. The minimum atomic E-state index is -0.964. The molecule has 0 aromatic heterocycles. The van der Waals surface area contributed by atoms with Gasteiger partial charge in [0.15, 0.2) is 0 Å². The fraction of sp³-hybridized carbons (Fsp3) is 0.677. The summed E-state index contributed by atoms with van der Waals surface area (Å²) >= 11 is 0. The lowest BCUT2D eigenvalue weighted by molar-refractivity contribution is -0.196. The molecule has 4 saturated carbocycles. The summed E-state index contributed by atoms with van der Waals surface area (Å²) in [4.78, 5) is 25.1. The van der Waals surface area contributed by atoms with E-state index in [9.17, 15) is 19.8 Å². The van der Waals surface area contributed by atoms with E-state index < -0.39 is 24.1 Å². The van der Waals surface area contributed by atoms with E-state index in [-0.39, 0.29) is 52.5 Å². The number of hydrogen-bond acceptors (Lipinski definition) is 6. The van der Waals surface area contributed by atoms with Gasteiger partial charge in [-0.25, -0.2) is 4.79 Å². The van der Waals surface area contributed by atoms with Gasteiger partial charge in [-0.3, -0.25) is 4.79 Å². The average Bonchev–Trinajstić information content (AvgIpc) is 3.12. The van der Waals surface area contributed by atoms with Crippen molar-refractivity contribution in [2.45, 2.75) is 96.9 Å². The molecule has 0 bridgehead atoms. The van der Waals surface area contributed by atoms with Gasteiger partial charge in [0.05, 0.1) is 6.10 Å². The smallest absolute Gasteiger partial charge is 0.332 e. The van der Waals surface area contributed by atoms with Crippen LogP contribution in [-0.4, -0.2) is 46.4 Å². The average molecular weight is 525 g/mol. The number of carboxylic acid groups (broad SMARTS) is 1. The number of nitrogens with two attached hydrogens (primary N) is 2. The summed E-state index contributed by atoms with van der Waals surface area (Å²) < 4.78 is 5.92. The molecule has 38 heavy (non-hydrogen) atoms. The fourth-order valence-corrected chi connectivity index (χ4v) is 9.84. The number of esters is 1. The molecule has 0 radical (unpaired) electrons. The first-order valence-corrected chi connectivity index (χ1v) is 14.2. The molecule has 7 nitrogen and oxygen atoms in total. The number of carbonyl (C=O) groups is 2. The van der Waals surface area contributed by atoms with Gasteiger partial charge in [0, 0.05) is 31.0 Å². The van der Waals surface area contributed by atoms with Gasteiger partial charge in [-0.1, -0.05) is 51.1 Å². The van der Waals surface area contributed by atoms with Gasteiger partial charge in [-0.05, 0) is 83.7 Å². The van der Waals surface area contributed by atoms with E-state index in [4.69, 9.17) is 16.2 Å². The van der Waals surface area contributed by atoms with Crippen molar-refractivity contribution in [3.8, 4) is 0 Å². The van der Waals surface area contributed by atoms with Gasteiger partial charge in [0.2, 0.25) is 0 Å². The highest BCUT2D eigenvalue weighted by atomic mass is 16.5.